The fourth-order valence-electron chi connectivity index (χ4n) is 2.94. The summed E-state index contributed by atoms with van der Waals surface area (Å²) in [5, 5.41) is 3.44. The number of nitrogens with zero attached hydrogens (tertiary/aromatic N) is 1. The molecule has 1 unspecified atom stereocenters. The molecule has 1 aromatic carbocycles. The highest BCUT2D eigenvalue weighted by Crippen LogP contribution is 2.13. The predicted molar refractivity (Wildman–Crippen MR) is 82.3 cm³/mol. The van der Waals surface area contributed by atoms with Crippen molar-refractivity contribution in [2.24, 2.45) is 11.8 Å². The van der Waals surface area contributed by atoms with Crippen molar-refractivity contribution in [3.05, 3.63) is 35.4 Å². The molecule has 1 aliphatic rings. The van der Waals surface area contributed by atoms with Crippen LogP contribution in [0, 0.1) is 11.8 Å². The summed E-state index contributed by atoms with van der Waals surface area (Å²) in [6.07, 6.45) is 2.52. The Morgan fingerprint density at radius 3 is 2.47 bits per heavy atom. The Morgan fingerprint density at radius 1 is 1.21 bits per heavy atom. The SMILES string of the molecule is CC(C)Cc1ccc(CN(C)CC2CCNC2)cc1. The van der Waals surface area contributed by atoms with Crippen molar-refractivity contribution in [2.45, 2.75) is 33.2 Å². The van der Waals surface area contributed by atoms with E-state index in [0.717, 1.165) is 18.4 Å². The fraction of sp³-hybridized carbons (Fsp3) is 0.647. The molecule has 1 saturated heterocycles. The van der Waals surface area contributed by atoms with Gasteiger partial charge >= 0.3 is 0 Å². The van der Waals surface area contributed by atoms with Gasteiger partial charge in [-0.15, -0.1) is 0 Å². The molecule has 1 heterocycles. The average Bonchev–Trinajstić information content (AvgIpc) is 2.83. The quantitative estimate of drug-likeness (QED) is 0.846. The molecule has 1 aromatic rings. The first-order valence-corrected chi connectivity index (χ1v) is 7.60. The number of nitrogens with one attached hydrogen (secondary N) is 1. The van der Waals surface area contributed by atoms with Gasteiger partial charge in [-0.25, -0.2) is 0 Å². The van der Waals surface area contributed by atoms with Crippen LogP contribution in [-0.2, 0) is 13.0 Å². The maximum atomic E-state index is 3.44. The Morgan fingerprint density at radius 2 is 1.89 bits per heavy atom. The van der Waals surface area contributed by atoms with Gasteiger partial charge in [0, 0.05) is 13.1 Å². The number of hydrogen-bond acceptors (Lipinski definition) is 2. The van der Waals surface area contributed by atoms with Gasteiger partial charge in [-0.3, -0.25) is 0 Å². The minimum Gasteiger partial charge on any atom is -0.316 e. The lowest BCUT2D eigenvalue weighted by molar-refractivity contribution is 0.278. The molecule has 0 saturated carbocycles. The second-order valence-electron chi connectivity index (χ2n) is 6.47. The molecular weight excluding hydrogens is 232 g/mol. The van der Waals surface area contributed by atoms with Crippen molar-refractivity contribution in [1.29, 1.82) is 0 Å². The third-order valence-electron chi connectivity index (χ3n) is 3.85. The average molecular weight is 260 g/mol. The van der Waals surface area contributed by atoms with E-state index < -0.39 is 0 Å². The summed E-state index contributed by atoms with van der Waals surface area (Å²) >= 11 is 0. The van der Waals surface area contributed by atoms with E-state index in [9.17, 15) is 0 Å². The molecule has 1 fully saturated rings. The summed E-state index contributed by atoms with van der Waals surface area (Å²) in [6, 6.07) is 9.17. The summed E-state index contributed by atoms with van der Waals surface area (Å²) in [6.45, 7) is 9.22. The van der Waals surface area contributed by atoms with E-state index in [1.807, 2.05) is 0 Å². The summed E-state index contributed by atoms with van der Waals surface area (Å²) < 4.78 is 0. The summed E-state index contributed by atoms with van der Waals surface area (Å²) in [5.41, 5.74) is 2.89. The molecule has 2 nitrogen and oxygen atoms in total. The number of hydrogen-bond donors (Lipinski definition) is 1. The normalized spacial score (nSPS) is 19.5. The second kappa shape index (κ2) is 7.06. The van der Waals surface area contributed by atoms with Gasteiger partial charge in [0.1, 0.15) is 0 Å². The third kappa shape index (κ3) is 4.96. The van der Waals surface area contributed by atoms with Gasteiger partial charge < -0.3 is 10.2 Å². The van der Waals surface area contributed by atoms with E-state index in [4.69, 9.17) is 0 Å². The molecule has 0 amide bonds. The van der Waals surface area contributed by atoms with Gasteiger partial charge in [-0.2, -0.15) is 0 Å². The largest absolute Gasteiger partial charge is 0.316 e. The Labute approximate surface area is 118 Å². The zero-order chi connectivity index (χ0) is 13.7. The summed E-state index contributed by atoms with van der Waals surface area (Å²) in [4.78, 5) is 2.45. The Kier molecular flexibility index (Phi) is 5.41. The lowest BCUT2D eigenvalue weighted by Gasteiger charge is -2.20. The molecule has 0 bridgehead atoms. The van der Waals surface area contributed by atoms with E-state index >= 15 is 0 Å². The van der Waals surface area contributed by atoms with Crippen molar-refractivity contribution in [2.75, 3.05) is 26.7 Å². The van der Waals surface area contributed by atoms with E-state index in [1.54, 1.807) is 0 Å². The van der Waals surface area contributed by atoms with Gasteiger partial charge in [0.2, 0.25) is 0 Å². The number of rotatable bonds is 6. The van der Waals surface area contributed by atoms with E-state index in [2.05, 4.69) is 55.4 Å². The van der Waals surface area contributed by atoms with Gasteiger partial charge in [0.25, 0.3) is 0 Å². The molecule has 0 aromatic heterocycles. The standard InChI is InChI=1S/C17H28N2/c1-14(2)10-15-4-6-16(7-5-15)12-19(3)13-17-8-9-18-11-17/h4-7,14,17-18H,8-13H2,1-3H3. The Hall–Kier alpha value is -0.860. The highest BCUT2D eigenvalue weighted by atomic mass is 15.1. The fourth-order valence-corrected chi connectivity index (χ4v) is 2.94. The lowest BCUT2D eigenvalue weighted by Crippen LogP contribution is -2.26. The van der Waals surface area contributed by atoms with Crippen LogP contribution < -0.4 is 5.32 Å². The zero-order valence-corrected chi connectivity index (χ0v) is 12.7. The van der Waals surface area contributed by atoms with Gasteiger partial charge in [0.05, 0.1) is 0 Å². The minimum absolute atomic E-state index is 0.739. The van der Waals surface area contributed by atoms with Crippen LogP contribution in [-0.4, -0.2) is 31.6 Å². The Balaban J connectivity index is 1.81. The van der Waals surface area contributed by atoms with Crippen LogP contribution in [0.25, 0.3) is 0 Å². The smallest absolute Gasteiger partial charge is 0.0230 e. The molecule has 2 rings (SSSR count). The highest BCUT2D eigenvalue weighted by molar-refractivity contribution is 5.22. The maximum absolute atomic E-state index is 3.44. The van der Waals surface area contributed by atoms with Crippen molar-refractivity contribution in [3.63, 3.8) is 0 Å². The molecule has 1 atom stereocenters. The topological polar surface area (TPSA) is 15.3 Å². The first-order chi connectivity index (χ1) is 9.13. The predicted octanol–water partition coefficient (Wildman–Crippen LogP) is 2.93. The first-order valence-electron chi connectivity index (χ1n) is 7.60. The summed E-state index contributed by atoms with van der Waals surface area (Å²) in [7, 11) is 2.24. The van der Waals surface area contributed by atoms with Gasteiger partial charge in [-0.1, -0.05) is 38.1 Å². The van der Waals surface area contributed by atoms with E-state index in [1.165, 1.54) is 43.6 Å². The number of benzene rings is 1. The molecule has 19 heavy (non-hydrogen) atoms. The Bertz CT molecular complexity index is 363. The monoisotopic (exact) mass is 260 g/mol. The van der Waals surface area contributed by atoms with Crippen molar-refractivity contribution >= 4 is 0 Å². The van der Waals surface area contributed by atoms with Gasteiger partial charge in [0.15, 0.2) is 0 Å². The highest BCUT2D eigenvalue weighted by Gasteiger charge is 2.16. The molecule has 1 aliphatic heterocycles. The van der Waals surface area contributed by atoms with Crippen LogP contribution in [0.1, 0.15) is 31.4 Å². The molecule has 2 heteroatoms. The van der Waals surface area contributed by atoms with E-state index in [-0.39, 0.29) is 0 Å². The van der Waals surface area contributed by atoms with Crippen LogP contribution in [0.2, 0.25) is 0 Å². The molecule has 1 N–H and O–H groups in total. The third-order valence-corrected chi connectivity index (χ3v) is 3.85. The molecule has 106 valence electrons. The maximum Gasteiger partial charge on any atom is 0.0230 e. The molecule has 0 aliphatic carbocycles. The molecular formula is C17H28N2. The lowest BCUT2D eigenvalue weighted by atomic mass is 10.0. The van der Waals surface area contributed by atoms with Gasteiger partial charge in [-0.05, 0) is 55.9 Å². The van der Waals surface area contributed by atoms with Crippen LogP contribution in [0.5, 0.6) is 0 Å². The van der Waals surface area contributed by atoms with Crippen LogP contribution >= 0.6 is 0 Å². The van der Waals surface area contributed by atoms with Crippen LogP contribution in [0.4, 0.5) is 0 Å². The van der Waals surface area contributed by atoms with Crippen molar-refractivity contribution in [1.82, 2.24) is 10.2 Å². The summed E-state index contributed by atoms with van der Waals surface area (Å²) in [5.74, 6) is 1.58. The van der Waals surface area contributed by atoms with Crippen molar-refractivity contribution in [3.8, 4) is 0 Å². The molecule has 0 spiro atoms. The minimum atomic E-state index is 0.739. The second-order valence-corrected chi connectivity index (χ2v) is 6.47. The van der Waals surface area contributed by atoms with E-state index in [0.29, 0.717) is 0 Å². The van der Waals surface area contributed by atoms with Crippen LogP contribution in [0.3, 0.4) is 0 Å². The first kappa shape index (κ1) is 14.5. The van der Waals surface area contributed by atoms with Crippen LogP contribution in [0.15, 0.2) is 24.3 Å². The zero-order valence-electron chi connectivity index (χ0n) is 12.7. The van der Waals surface area contributed by atoms with Crippen molar-refractivity contribution < 1.29 is 0 Å². The molecule has 0 radical (unpaired) electrons.